The maximum absolute atomic E-state index is 12.4. The lowest BCUT2D eigenvalue weighted by Crippen LogP contribution is -2.44. The molecule has 130 valence electrons. The number of carbonyl (C=O) groups excluding carboxylic acids is 1. The first-order valence-electron chi connectivity index (χ1n) is 9.07. The summed E-state index contributed by atoms with van der Waals surface area (Å²) in [5, 5.41) is 3.09. The summed E-state index contributed by atoms with van der Waals surface area (Å²) in [6, 6.07) is 8.45. The molecule has 0 spiro atoms. The number of likely N-dealkylation sites (tertiary alicyclic amines) is 1. The summed E-state index contributed by atoms with van der Waals surface area (Å²) in [5.74, 6) is 1.20. The number of nitrogens with zero attached hydrogens (tertiary/aromatic N) is 1. The molecule has 1 aliphatic heterocycles. The molecule has 1 atom stereocenters. The van der Waals surface area contributed by atoms with Crippen molar-refractivity contribution in [3.63, 3.8) is 0 Å². The third kappa shape index (κ3) is 4.38. The van der Waals surface area contributed by atoms with Gasteiger partial charge in [0.2, 0.25) is 5.91 Å². The predicted molar refractivity (Wildman–Crippen MR) is 95.9 cm³/mol. The second-order valence-electron chi connectivity index (χ2n) is 6.80. The van der Waals surface area contributed by atoms with E-state index in [2.05, 4.69) is 22.4 Å². The number of nitrogens with one attached hydrogen (secondary N) is 1. The molecule has 1 aromatic rings. The van der Waals surface area contributed by atoms with Crippen molar-refractivity contribution >= 4 is 5.91 Å². The van der Waals surface area contributed by atoms with Crippen molar-refractivity contribution in [2.75, 3.05) is 20.2 Å². The molecule has 3 rings (SSSR count). The molecule has 0 bridgehead atoms. The van der Waals surface area contributed by atoms with Crippen LogP contribution in [0.3, 0.4) is 0 Å². The Morgan fingerprint density at radius 2 is 1.96 bits per heavy atom. The monoisotopic (exact) mass is 328 g/mol. The van der Waals surface area contributed by atoms with E-state index in [1.807, 2.05) is 24.3 Å². The van der Waals surface area contributed by atoms with E-state index >= 15 is 0 Å². The zero-order valence-electron chi connectivity index (χ0n) is 14.5. The third-order valence-electron chi connectivity index (χ3n) is 5.22. The van der Waals surface area contributed by atoms with Crippen LogP contribution in [0.15, 0.2) is 36.4 Å². The van der Waals surface area contributed by atoms with Crippen molar-refractivity contribution in [1.82, 2.24) is 10.2 Å². The fraction of sp³-hybridized carbons (Fsp3) is 0.550. The van der Waals surface area contributed by atoms with Crippen molar-refractivity contribution in [3.05, 3.63) is 42.0 Å². The fourth-order valence-corrected chi connectivity index (χ4v) is 3.67. The topological polar surface area (TPSA) is 41.6 Å². The normalized spacial score (nSPS) is 22.3. The maximum Gasteiger partial charge on any atom is 0.223 e. The van der Waals surface area contributed by atoms with Crippen molar-refractivity contribution in [2.24, 2.45) is 5.92 Å². The Labute approximate surface area is 144 Å². The van der Waals surface area contributed by atoms with Crippen LogP contribution in [0.25, 0.3) is 0 Å². The summed E-state index contributed by atoms with van der Waals surface area (Å²) in [5.41, 5.74) is 1.11. The zero-order chi connectivity index (χ0) is 16.8. The molecule has 1 fully saturated rings. The van der Waals surface area contributed by atoms with Gasteiger partial charge in [0.1, 0.15) is 5.75 Å². The molecule has 0 radical (unpaired) electrons. The van der Waals surface area contributed by atoms with Gasteiger partial charge in [0.05, 0.1) is 7.11 Å². The lowest BCUT2D eigenvalue weighted by molar-refractivity contribution is -0.126. The number of methoxy groups -OCH3 is 1. The molecule has 4 heteroatoms. The number of amides is 1. The van der Waals surface area contributed by atoms with Crippen LogP contribution in [-0.2, 0) is 11.3 Å². The highest BCUT2D eigenvalue weighted by atomic mass is 16.5. The van der Waals surface area contributed by atoms with Gasteiger partial charge in [-0.2, -0.15) is 0 Å². The van der Waals surface area contributed by atoms with Crippen LogP contribution in [0, 0.1) is 5.92 Å². The van der Waals surface area contributed by atoms with Gasteiger partial charge >= 0.3 is 0 Å². The zero-order valence-corrected chi connectivity index (χ0v) is 14.5. The van der Waals surface area contributed by atoms with Crippen molar-refractivity contribution in [2.45, 2.75) is 44.7 Å². The second kappa shape index (κ2) is 8.34. The first kappa shape index (κ1) is 17.0. The highest BCUT2D eigenvalue weighted by molar-refractivity contribution is 5.78. The highest BCUT2D eigenvalue weighted by Crippen LogP contribution is 2.24. The van der Waals surface area contributed by atoms with Gasteiger partial charge in [-0.05, 0) is 62.9 Å². The summed E-state index contributed by atoms with van der Waals surface area (Å²) in [6.45, 7) is 2.67. The molecular formula is C20H28N2O2. The third-order valence-corrected chi connectivity index (χ3v) is 5.22. The average Bonchev–Trinajstić information content (AvgIpc) is 2.67. The minimum Gasteiger partial charge on any atom is -0.497 e. The smallest absolute Gasteiger partial charge is 0.223 e. The van der Waals surface area contributed by atoms with Crippen molar-refractivity contribution < 1.29 is 9.53 Å². The Hall–Kier alpha value is -1.81. The van der Waals surface area contributed by atoms with E-state index in [1.165, 1.54) is 19.3 Å². The molecule has 1 amide bonds. The number of ether oxygens (including phenoxy) is 1. The average molecular weight is 328 g/mol. The Morgan fingerprint density at radius 1 is 1.21 bits per heavy atom. The predicted octanol–water partition coefficient (Wildman–Crippen LogP) is 3.13. The minimum atomic E-state index is 0.159. The van der Waals surface area contributed by atoms with Gasteiger partial charge in [-0.25, -0.2) is 0 Å². The summed E-state index contributed by atoms with van der Waals surface area (Å²) < 4.78 is 5.15. The van der Waals surface area contributed by atoms with Crippen LogP contribution in [0.4, 0.5) is 0 Å². The van der Waals surface area contributed by atoms with Gasteiger partial charge in [-0.1, -0.05) is 24.3 Å². The first-order chi connectivity index (χ1) is 11.8. The molecule has 24 heavy (non-hydrogen) atoms. The van der Waals surface area contributed by atoms with Gasteiger partial charge < -0.3 is 10.1 Å². The van der Waals surface area contributed by atoms with E-state index in [9.17, 15) is 4.79 Å². The van der Waals surface area contributed by atoms with E-state index in [1.54, 1.807) is 7.11 Å². The van der Waals surface area contributed by atoms with E-state index in [-0.39, 0.29) is 11.8 Å². The number of hydrogen-bond acceptors (Lipinski definition) is 3. The van der Waals surface area contributed by atoms with Crippen LogP contribution in [0.2, 0.25) is 0 Å². The molecule has 2 aliphatic rings. The van der Waals surface area contributed by atoms with E-state index in [4.69, 9.17) is 4.74 Å². The Balaban J connectivity index is 1.43. The van der Waals surface area contributed by atoms with E-state index in [0.717, 1.165) is 37.2 Å². The lowest BCUT2D eigenvalue weighted by atomic mass is 9.92. The number of hydrogen-bond donors (Lipinski definition) is 1. The Bertz CT molecular complexity index is 560. The van der Waals surface area contributed by atoms with Gasteiger partial charge in [0, 0.05) is 18.5 Å². The maximum atomic E-state index is 12.4. The number of benzene rings is 1. The molecule has 1 saturated heterocycles. The van der Waals surface area contributed by atoms with E-state index < -0.39 is 0 Å². The van der Waals surface area contributed by atoms with Crippen LogP contribution in [0.1, 0.15) is 37.7 Å². The van der Waals surface area contributed by atoms with Crippen molar-refractivity contribution in [3.8, 4) is 5.75 Å². The Kier molecular flexibility index (Phi) is 5.91. The van der Waals surface area contributed by atoms with Crippen molar-refractivity contribution in [1.29, 1.82) is 0 Å². The molecule has 0 unspecified atom stereocenters. The highest BCUT2D eigenvalue weighted by Gasteiger charge is 2.27. The Morgan fingerprint density at radius 3 is 2.58 bits per heavy atom. The number of piperidine rings is 1. The summed E-state index contributed by atoms with van der Waals surface area (Å²) >= 11 is 0. The van der Waals surface area contributed by atoms with Crippen LogP contribution < -0.4 is 10.1 Å². The fourth-order valence-electron chi connectivity index (χ4n) is 3.67. The van der Waals surface area contributed by atoms with Crippen LogP contribution in [0.5, 0.6) is 5.75 Å². The van der Waals surface area contributed by atoms with Gasteiger partial charge in [0.25, 0.3) is 0 Å². The first-order valence-corrected chi connectivity index (χ1v) is 9.07. The van der Waals surface area contributed by atoms with E-state index in [0.29, 0.717) is 12.6 Å². The molecule has 1 aliphatic carbocycles. The number of allylic oxidation sites excluding steroid dienone is 1. The van der Waals surface area contributed by atoms with Gasteiger partial charge in [-0.3, -0.25) is 9.69 Å². The van der Waals surface area contributed by atoms with Crippen LogP contribution >= 0.6 is 0 Å². The second-order valence-corrected chi connectivity index (χ2v) is 6.80. The van der Waals surface area contributed by atoms with Gasteiger partial charge in [-0.15, -0.1) is 0 Å². The number of carbonyl (C=O) groups is 1. The molecule has 1 aromatic carbocycles. The molecule has 1 N–H and O–H groups in total. The molecule has 1 heterocycles. The standard InChI is InChI=1S/C20H28N2O2/c1-24-19-9-7-16(8-10-19)15-21-20(23)17-11-13-22(14-12-17)18-5-3-2-4-6-18/h3,5,7-10,17-18H,2,4,6,11-15H2,1H3,(H,21,23)/t18-/m1/s1. The largest absolute Gasteiger partial charge is 0.497 e. The summed E-state index contributed by atoms with van der Waals surface area (Å²) in [4.78, 5) is 15.0. The molecular weight excluding hydrogens is 300 g/mol. The number of rotatable bonds is 5. The van der Waals surface area contributed by atoms with Crippen LogP contribution in [-0.4, -0.2) is 37.0 Å². The summed E-state index contributed by atoms with van der Waals surface area (Å²) in [6.07, 6.45) is 10.4. The van der Waals surface area contributed by atoms with Gasteiger partial charge in [0.15, 0.2) is 0 Å². The molecule has 0 aromatic heterocycles. The lowest BCUT2D eigenvalue weighted by Gasteiger charge is -2.37. The quantitative estimate of drug-likeness (QED) is 0.844. The SMILES string of the molecule is COc1ccc(CNC(=O)C2CCN([C@@H]3C=CCCC3)CC2)cc1. The molecule has 0 saturated carbocycles. The summed E-state index contributed by atoms with van der Waals surface area (Å²) in [7, 11) is 1.66. The molecule has 4 nitrogen and oxygen atoms in total. The minimum absolute atomic E-state index is 0.159.